The molecule has 0 bridgehead atoms. The predicted molar refractivity (Wildman–Crippen MR) is 98.2 cm³/mol. The predicted octanol–water partition coefficient (Wildman–Crippen LogP) is 3.75. The molecule has 0 aromatic rings. The number of ketones is 1. The van der Waals surface area contributed by atoms with Crippen LogP contribution in [0.1, 0.15) is 71.6 Å². The zero-order valence-electron chi connectivity index (χ0n) is 16.3. The standard InChI is InChI=1S/C22H34O4/c1-13(24)26-15-4-6-16-14(11-15)3-5-18-17(16)9-10-22(2)19(18)7-8-20(22)21(25)12-23/h14-20,23H,3-12H2,1-2H3/t14-,15+,16+,17-,18-,19+,20-,22+/m1/s1. The lowest BCUT2D eigenvalue weighted by molar-refractivity contribution is -0.152. The van der Waals surface area contributed by atoms with Gasteiger partial charge in [-0.15, -0.1) is 0 Å². The number of rotatable bonds is 3. The lowest BCUT2D eigenvalue weighted by atomic mass is 9.49. The fraction of sp³-hybridized carbons (Fsp3) is 0.909. The molecular weight excluding hydrogens is 328 g/mol. The van der Waals surface area contributed by atoms with Crippen molar-refractivity contribution >= 4 is 11.8 Å². The SMILES string of the molecule is CC(=O)O[C@H]1CC[C@H]2[C@H](CC[C@@H]3[C@@H]2CC[C@]2(C)[C@@H](C(=O)CO)CC[C@@H]32)C1. The molecule has 0 amide bonds. The number of fused-ring (bicyclic) bond motifs is 5. The highest BCUT2D eigenvalue weighted by molar-refractivity contribution is 5.83. The summed E-state index contributed by atoms with van der Waals surface area (Å²) in [4.78, 5) is 23.6. The smallest absolute Gasteiger partial charge is 0.302 e. The van der Waals surface area contributed by atoms with Crippen LogP contribution in [-0.2, 0) is 14.3 Å². The molecule has 0 radical (unpaired) electrons. The summed E-state index contributed by atoms with van der Waals surface area (Å²) in [5.74, 6) is 3.74. The number of aliphatic hydroxyl groups is 1. The van der Waals surface area contributed by atoms with Gasteiger partial charge in [-0.25, -0.2) is 0 Å². The summed E-state index contributed by atoms with van der Waals surface area (Å²) in [5, 5.41) is 9.39. The number of esters is 1. The van der Waals surface area contributed by atoms with Crippen LogP contribution >= 0.6 is 0 Å². The van der Waals surface area contributed by atoms with Gasteiger partial charge in [-0.3, -0.25) is 9.59 Å². The van der Waals surface area contributed by atoms with Crippen molar-refractivity contribution in [3.63, 3.8) is 0 Å². The molecular formula is C22H34O4. The van der Waals surface area contributed by atoms with E-state index in [-0.39, 0.29) is 35.8 Å². The van der Waals surface area contributed by atoms with E-state index in [1.807, 2.05) is 0 Å². The van der Waals surface area contributed by atoms with Gasteiger partial charge in [0.15, 0.2) is 5.78 Å². The number of carbonyl (C=O) groups is 2. The van der Waals surface area contributed by atoms with Gasteiger partial charge in [0, 0.05) is 12.8 Å². The van der Waals surface area contributed by atoms with Crippen LogP contribution < -0.4 is 0 Å². The summed E-state index contributed by atoms with van der Waals surface area (Å²) in [7, 11) is 0. The topological polar surface area (TPSA) is 63.6 Å². The van der Waals surface area contributed by atoms with Gasteiger partial charge in [-0.05, 0) is 92.8 Å². The van der Waals surface area contributed by atoms with Gasteiger partial charge in [-0.1, -0.05) is 6.92 Å². The highest BCUT2D eigenvalue weighted by atomic mass is 16.5. The van der Waals surface area contributed by atoms with Crippen LogP contribution in [0, 0.1) is 40.9 Å². The Bertz CT molecular complexity index is 572. The summed E-state index contributed by atoms with van der Waals surface area (Å²) >= 11 is 0. The molecule has 0 heterocycles. The Hall–Kier alpha value is -0.900. The average Bonchev–Trinajstić information content (AvgIpc) is 2.97. The Labute approximate surface area is 157 Å². The van der Waals surface area contributed by atoms with Gasteiger partial charge < -0.3 is 9.84 Å². The van der Waals surface area contributed by atoms with E-state index in [4.69, 9.17) is 4.74 Å². The Morgan fingerprint density at radius 2 is 1.77 bits per heavy atom. The Morgan fingerprint density at radius 3 is 2.50 bits per heavy atom. The molecule has 0 aromatic carbocycles. The Kier molecular flexibility index (Phi) is 4.92. The highest BCUT2D eigenvalue weighted by Gasteiger charge is 2.58. The maximum atomic E-state index is 12.3. The Balaban J connectivity index is 1.47. The highest BCUT2D eigenvalue weighted by Crippen LogP contribution is 2.64. The quantitative estimate of drug-likeness (QED) is 0.777. The maximum Gasteiger partial charge on any atom is 0.302 e. The molecule has 4 aliphatic rings. The summed E-state index contributed by atoms with van der Waals surface area (Å²) in [5.41, 5.74) is 0.114. The lowest BCUT2D eigenvalue weighted by Crippen LogP contribution is -2.50. The normalized spacial score (nSPS) is 47.4. The van der Waals surface area contributed by atoms with Gasteiger partial charge in [0.25, 0.3) is 0 Å². The molecule has 0 aliphatic heterocycles. The largest absolute Gasteiger partial charge is 0.463 e. The van der Waals surface area contributed by atoms with E-state index in [0.717, 1.165) is 49.4 Å². The van der Waals surface area contributed by atoms with E-state index >= 15 is 0 Å². The number of ether oxygens (including phenoxy) is 1. The molecule has 4 fully saturated rings. The molecule has 4 rings (SSSR count). The molecule has 4 nitrogen and oxygen atoms in total. The van der Waals surface area contributed by atoms with Gasteiger partial charge >= 0.3 is 5.97 Å². The summed E-state index contributed by atoms with van der Waals surface area (Å²) < 4.78 is 5.51. The van der Waals surface area contributed by atoms with E-state index in [1.165, 1.54) is 39.0 Å². The minimum absolute atomic E-state index is 0.0732. The number of aliphatic hydroxyl groups excluding tert-OH is 1. The molecule has 4 saturated carbocycles. The molecule has 0 aromatic heterocycles. The summed E-state index contributed by atoms with van der Waals surface area (Å²) in [6, 6.07) is 0. The van der Waals surface area contributed by atoms with Crippen molar-refractivity contribution in [3.8, 4) is 0 Å². The van der Waals surface area contributed by atoms with Crippen molar-refractivity contribution < 1.29 is 19.4 Å². The first kappa shape index (κ1) is 18.5. The molecule has 1 N–H and O–H groups in total. The van der Waals surface area contributed by atoms with Crippen molar-refractivity contribution in [2.75, 3.05) is 6.61 Å². The molecule has 0 saturated heterocycles. The van der Waals surface area contributed by atoms with Gasteiger partial charge in [0.1, 0.15) is 12.7 Å². The zero-order valence-corrected chi connectivity index (χ0v) is 16.3. The summed E-state index contributed by atoms with van der Waals surface area (Å²) in [6.07, 6.45) is 10.5. The molecule has 8 atom stereocenters. The van der Waals surface area contributed by atoms with Crippen molar-refractivity contribution in [1.29, 1.82) is 0 Å². The first-order valence-corrected chi connectivity index (χ1v) is 10.7. The molecule has 26 heavy (non-hydrogen) atoms. The van der Waals surface area contributed by atoms with Crippen LogP contribution in [0.5, 0.6) is 0 Å². The third kappa shape index (κ3) is 2.93. The fourth-order valence-corrected chi connectivity index (χ4v) is 7.79. The van der Waals surface area contributed by atoms with Crippen LogP contribution in [0.2, 0.25) is 0 Å². The van der Waals surface area contributed by atoms with Crippen LogP contribution in [0.25, 0.3) is 0 Å². The second kappa shape index (κ2) is 6.92. The number of carbonyl (C=O) groups excluding carboxylic acids is 2. The zero-order chi connectivity index (χ0) is 18.5. The molecule has 0 unspecified atom stereocenters. The van der Waals surface area contributed by atoms with Gasteiger partial charge in [-0.2, -0.15) is 0 Å². The van der Waals surface area contributed by atoms with E-state index in [0.29, 0.717) is 5.92 Å². The third-order valence-corrected chi connectivity index (χ3v) is 8.78. The minimum Gasteiger partial charge on any atom is -0.463 e. The number of hydrogen-bond acceptors (Lipinski definition) is 4. The van der Waals surface area contributed by atoms with Crippen molar-refractivity contribution in [2.24, 2.45) is 40.9 Å². The van der Waals surface area contributed by atoms with Crippen molar-refractivity contribution in [3.05, 3.63) is 0 Å². The van der Waals surface area contributed by atoms with Gasteiger partial charge in [0.05, 0.1) is 0 Å². The second-order valence-electron chi connectivity index (χ2n) is 9.78. The first-order valence-electron chi connectivity index (χ1n) is 10.7. The minimum atomic E-state index is -0.288. The lowest BCUT2D eigenvalue weighted by Gasteiger charge is -2.56. The second-order valence-corrected chi connectivity index (χ2v) is 9.78. The molecule has 4 heteroatoms. The van der Waals surface area contributed by atoms with E-state index in [2.05, 4.69) is 6.92 Å². The van der Waals surface area contributed by atoms with Crippen LogP contribution in [0.3, 0.4) is 0 Å². The van der Waals surface area contributed by atoms with Crippen molar-refractivity contribution in [1.82, 2.24) is 0 Å². The van der Waals surface area contributed by atoms with Gasteiger partial charge in [0.2, 0.25) is 0 Å². The first-order chi connectivity index (χ1) is 12.4. The molecule has 0 spiro atoms. The monoisotopic (exact) mass is 362 g/mol. The Morgan fingerprint density at radius 1 is 1.00 bits per heavy atom. The fourth-order valence-electron chi connectivity index (χ4n) is 7.79. The molecule has 146 valence electrons. The van der Waals surface area contributed by atoms with E-state index in [9.17, 15) is 14.7 Å². The maximum absolute atomic E-state index is 12.3. The van der Waals surface area contributed by atoms with Crippen molar-refractivity contribution in [2.45, 2.75) is 77.7 Å². The van der Waals surface area contributed by atoms with E-state index < -0.39 is 0 Å². The third-order valence-electron chi connectivity index (χ3n) is 8.78. The summed E-state index contributed by atoms with van der Waals surface area (Å²) in [6.45, 7) is 3.57. The van der Waals surface area contributed by atoms with Crippen LogP contribution in [-0.4, -0.2) is 29.6 Å². The average molecular weight is 363 g/mol. The van der Waals surface area contributed by atoms with Crippen LogP contribution in [0.4, 0.5) is 0 Å². The van der Waals surface area contributed by atoms with Crippen LogP contribution in [0.15, 0.2) is 0 Å². The number of Topliss-reactive ketones (excluding diaryl/α,β-unsaturated/α-hetero) is 1. The molecule has 4 aliphatic carbocycles. The van der Waals surface area contributed by atoms with E-state index in [1.54, 1.807) is 0 Å². The number of hydrogen-bond donors (Lipinski definition) is 1.